The van der Waals surface area contributed by atoms with E-state index in [1.807, 2.05) is 0 Å². The number of esters is 2. The van der Waals surface area contributed by atoms with Crippen molar-refractivity contribution in [1.29, 1.82) is 0 Å². The minimum absolute atomic E-state index is 0.0455. The Morgan fingerprint density at radius 2 is 1.35 bits per heavy atom. The number of hydrogen-bond acceptors (Lipinski definition) is 6. The smallest absolute Gasteiger partial charge is 0.337 e. The van der Waals surface area contributed by atoms with Gasteiger partial charge in [-0.25, -0.2) is 22.3 Å². The molecular formula is C12H15NO6S. The molecule has 0 bridgehead atoms. The van der Waals surface area contributed by atoms with Crippen molar-refractivity contribution in [2.24, 2.45) is 0 Å². The molecule has 1 aromatic rings. The van der Waals surface area contributed by atoms with Gasteiger partial charge in [0.15, 0.2) is 0 Å². The third-order valence-electron chi connectivity index (χ3n) is 2.53. The van der Waals surface area contributed by atoms with Crippen LogP contribution >= 0.6 is 0 Å². The van der Waals surface area contributed by atoms with Crippen molar-refractivity contribution in [2.45, 2.75) is 4.90 Å². The predicted molar refractivity (Wildman–Crippen MR) is 70.0 cm³/mol. The lowest BCUT2D eigenvalue weighted by atomic mass is 10.1. The summed E-state index contributed by atoms with van der Waals surface area (Å²) in [6, 6.07) is 3.51. The normalized spacial score (nSPS) is 11.2. The van der Waals surface area contributed by atoms with Crippen molar-refractivity contribution in [3.63, 3.8) is 0 Å². The molecule has 0 N–H and O–H groups in total. The summed E-state index contributed by atoms with van der Waals surface area (Å²) in [6.45, 7) is 0. The largest absolute Gasteiger partial charge is 0.465 e. The minimum Gasteiger partial charge on any atom is -0.465 e. The zero-order valence-corrected chi connectivity index (χ0v) is 12.4. The Morgan fingerprint density at radius 3 is 1.65 bits per heavy atom. The first kappa shape index (κ1) is 16.1. The van der Waals surface area contributed by atoms with Crippen molar-refractivity contribution in [2.75, 3.05) is 28.3 Å². The summed E-state index contributed by atoms with van der Waals surface area (Å²) < 4.78 is 34.2. The molecule has 0 radical (unpaired) electrons. The van der Waals surface area contributed by atoms with Crippen LogP contribution in [0.25, 0.3) is 0 Å². The van der Waals surface area contributed by atoms with Crippen molar-refractivity contribution in [3.05, 3.63) is 29.3 Å². The fourth-order valence-corrected chi connectivity index (χ4v) is 2.40. The van der Waals surface area contributed by atoms with Crippen LogP contribution in [-0.4, -0.2) is 53.0 Å². The third kappa shape index (κ3) is 3.14. The van der Waals surface area contributed by atoms with Gasteiger partial charge in [0.25, 0.3) is 0 Å². The first-order valence-corrected chi connectivity index (χ1v) is 6.92. The first-order valence-electron chi connectivity index (χ1n) is 5.48. The van der Waals surface area contributed by atoms with Gasteiger partial charge in [0.1, 0.15) is 0 Å². The van der Waals surface area contributed by atoms with E-state index in [4.69, 9.17) is 0 Å². The van der Waals surface area contributed by atoms with Crippen LogP contribution in [0.5, 0.6) is 0 Å². The minimum atomic E-state index is -3.79. The Labute approximate surface area is 117 Å². The van der Waals surface area contributed by atoms with Crippen LogP contribution in [0.2, 0.25) is 0 Å². The van der Waals surface area contributed by atoms with E-state index in [1.54, 1.807) is 0 Å². The van der Waals surface area contributed by atoms with Gasteiger partial charge in [-0.3, -0.25) is 0 Å². The molecule has 20 heavy (non-hydrogen) atoms. The molecule has 0 aliphatic heterocycles. The number of carbonyl (C=O) groups is 2. The van der Waals surface area contributed by atoms with E-state index in [1.165, 1.54) is 20.2 Å². The number of carbonyl (C=O) groups excluding carboxylic acids is 2. The van der Waals surface area contributed by atoms with Crippen molar-refractivity contribution in [3.8, 4) is 0 Å². The summed E-state index contributed by atoms with van der Waals surface area (Å²) in [6.07, 6.45) is 0. The first-order chi connectivity index (χ1) is 9.23. The summed E-state index contributed by atoms with van der Waals surface area (Å²) in [5, 5.41) is 0. The number of nitrogens with zero attached hydrogens (tertiary/aromatic N) is 1. The highest BCUT2D eigenvalue weighted by Gasteiger charge is 2.22. The molecule has 0 aliphatic rings. The molecule has 0 aliphatic carbocycles. The van der Waals surface area contributed by atoms with E-state index in [2.05, 4.69) is 9.47 Å². The lowest BCUT2D eigenvalue weighted by Gasteiger charge is -2.13. The maximum absolute atomic E-state index is 12.1. The number of methoxy groups -OCH3 is 2. The highest BCUT2D eigenvalue weighted by atomic mass is 32.2. The number of sulfonamides is 1. The van der Waals surface area contributed by atoms with Crippen molar-refractivity contribution in [1.82, 2.24) is 4.31 Å². The molecule has 0 atom stereocenters. The van der Waals surface area contributed by atoms with Gasteiger partial charge in [-0.15, -0.1) is 0 Å². The molecule has 0 unspecified atom stereocenters. The fourth-order valence-electron chi connectivity index (χ4n) is 1.43. The Kier molecular flexibility index (Phi) is 4.85. The van der Waals surface area contributed by atoms with Crippen LogP contribution in [0.4, 0.5) is 0 Å². The number of rotatable bonds is 4. The summed E-state index contributed by atoms with van der Waals surface area (Å²) in [5.41, 5.74) is -0.0911. The molecule has 7 nitrogen and oxygen atoms in total. The molecule has 8 heteroatoms. The van der Waals surface area contributed by atoms with Gasteiger partial charge in [-0.1, -0.05) is 0 Å². The molecular weight excluding hydrogens is 286 g/mol. The fraction of sp³-hybridized carbons (Fsp3) is 0.333. The zero-order valence-electron chi connectivity index (χ0n) is 11.5. The molecule has 0 aromatic heterocycles. The van der Waals surface area contributed by atoms with Crippen LogP contribution in [-0.2, 0) is 19.5 Å². The van der Waals surface area contributed by atoms with E-state index in [0.29, 0.717) is 0 Å². The summed E-state index contributed by atoms with van der Waals surface area (Å²) in [4.78, 5) is 22.9. The number of hydrogen-bond donors (Lipinski definition) is 0. The standard InChI is InChI=1S/C12H15NO6S/c1-13(2)20(16,17)10-6-8(11(14)18-3)5-9(7-10)12(15)19-4/h5-7H,1-4H3. The highest BCUT2D eigenvalue weighted by Crippen LogP contribution is 2.19. The van der Waals surface area contributed by atoms with Crippen LogP contribution in [0.1, 0.15) is 20.7 Å². The highest BCUT2D eigenvalue weighted by molar-refractivity contribution is 7.89. The number of benzene rings is 1. The maximum Gasteiger partial charge on any atom is 0.337 e. The average Bonchev–Trinajstić information content (AvgIpc) is 2.44. The van der Waals surface area contributed by atoms with Gasteiger partial charge >= 0.3 is 11.9 Å². The van der Waals surface area contributed by atoms with E-state index in [-0.39, 0.29) is 16.0 Å². The van der Waals surface area contributed by atoms with Crippen LogP contribution < -0.4 is 0 Å². The Balaban J connectivity index is 3.54. The molecule has 0 saturated carbocycles. The summed E-state index contributed by atoms with van der Waals surface area (Å²) in [5.74, 6) is -1.49. The predicted octanol–water partition coefficient (Wildman–Crippen LogP) is 0.510. The van der Waals surface area contributed by atoms with Crippen LogP contribution in [0.3, 0.4) is 0 Å². The van der Waals surface area contributed by atoms with Gasteiger partial charge in [0.05, 0.1) is 30.2 Å². The molecule has 0 spiro atoms. The van der Waals surface area contributed by atoms with Gasteiger partial charge in [-0.05, 0) is 18.2 Å². The lowest BCUT2D eigenvalue weighted by Crippen LogP contribution is -2.23. The molecule has 0 heterocycles. The second-order valence-corrected chi connectivity index (χ2v) is 6.17. The van der Waals surface area contributed by atoms with Crippen LogP contribution in [0, 0.1) is 0 Å². The van der Waals surface area contributed by atoms with E-state index < -0.39 is 22.0 Å². The second kappa shape index (κ2) is 6.02. The molecule has 0 saturated heterocycles. The Morgan fingerprint density at radius 1 is 0.950 bits per heavy atom. The molecule has 0 amide bonds. The maximum atomic E-state index is 12.1. The van der Waals surface area contributed by atoms with Gasteiger partial charge in [0, 0.05) is 14.1 Å². The topological polar surface area (TPSA) is 90.0 Å². The van der Waals surface area contributed by atoms with Crippen molar-refractivity contribution >= 4 is 22.0 Å². The summed E-state index contributed by atoms with van der Waals surface area (Å²) in [7, 11) is 1.22. The third-order valence-corrected chi connectivity index (χ3v) is 4.32. The molecule has 1 aromatic carbocycles. The van der Waals surface area contributed by atoms with Gasteiger partial charge in [-0.2, -0.15) is 0 Å². The van der Waals surface area contributed by atoms with Gasteiger partial charge in [0.2, 0.25) is 10.0 Å². The number of ether oxygens (including phenoxy) is 2. The van der Waals surface area contributed by atoms with Crippen molar-refractivity contribution < 1.29 is 27.5 Å². The van der Waals surface area contributed by atoms with E-state index in [0.717, 1.165) is 30.7 Å². The quantitative estimate of drug-likeness (QED) is 0.753. The van der Waals surface area contributed by atoms with E-state index >= 15 is 0 Å². The second-order valence-electron chi connectivity index (χ2n) is 4.02. The van der Waals surface area contributed by atoms with Gasteiger partial charge < -0.3 is 9.47 Å². The molecule has 1 rings (SSSR count). The lowest BCUT2D eigenvalue weighted by molar-refractivity contribution is 0.0598. The average molecular weight is 301 g/mol. The summed E-state index contributed by atoms with van der Waals surface area (Å²) >= 11 is 0. The Bertz CT molecular complexity index is 601. The monoisotopic (exact) mass is 301 g/mol. The van der Waals surface area contributed by atoms with E-state index in [9.17, 15) is 18.0 Å². The van der Waals surface area contributed by atoms with Crippen LogP contribution in [0.15, 0.2) is 23.1 Å². The zero-order chi connectivity index (χ0) is 15.5. The molecule has 0 fully saturated rings. The molecule has 110 valence electrons. The SMILES string of the molecule is COC(=O)c1cc(C(=O)OC)cc(S(=O)(=O)N(C)C)c1. The Hall–Kier alpha value is -1.93.